The van der Waals surface area contributed by atoms with Crippen molar-refractivity contribution in [1.82, 2.24) is 9.80 Å². The maximum atomic E-state index is 14.5. The molecule has 4 aliphatic rings. The summed E-state index contributed by atoms with van der Waals surface area (Å²) in [6, 6.07) is 12.4. The first-order chi connectivity index (χ1) is 33.8. The topological polar surface area (TPSA) is 206 Å². The molecule has 24 heteroatoms. The highest BCUT2D eigenvalue weighted by Crippen LogP contribution is 2.44. The summed E-state index contributed by atoms with van der Waals surface area (Å²) < 4.78 is 104. The zero-order valence-corrected chi connectivity index (χ0v) is 44.2. The molecule has 390 valence electrons. The number of rotatable bonds is 21. The molecule has 72 heavy (non-hydrogen) atoms. The minimum Gasteiger partial charge on any atom is -0.493 e. The molecule has 0 bridgehead atoms. The largest absolute Gasteiger partial charge is 0.534 e. The van der Waals surface area contributed by atoms with Crippen molar-refractivity contribution in [1.29, 1.82) is 0 Å². The van der Waals surface area contributed by atoms with Crippen LogP contribution in [-0.4, -0.2) is 130 Å². The van der Waals surface area contributed by atoms with E-state index in [0.717, 1.165) is 39.2 Å². The van der Waals surface area contributed by atoms with E-state index in [4.69, 9.17) is 34.2 Å². The van der Waals surface area contributed by atoms with Crippen molar-refractivity contribution in [2.45, 2.75) is 88.2 Å². The van der Waals surface area contributed by atoms with Gasteiger partial charge in [0, 0.05) is 78.8 Å². The number of halogens is 3. The normalized spacial score (nSPS) is 18.2. The lowest BCUT2D eigenvalue weighted by Gasteiger charge is -2.27. The number of hydrogen-bond donors (Lipinski definition) is 1. The van der Waals surface area contributed by atoms with Crippen molar-refractivity contribution in [3.63, 3.8) is 0 Å². The number of nitrogens with zero attached hydrogens (tertiary/aromatic N) is 4. The third-order valence-electron chi connectivity index (χ3n) is 12.2. The highest BCUT2D eigenvalue weighted by Gasteiger charge is 2.51. The molecular formula is C48H60F3N5O13SSi2. The first kappa shape index (κ1) is 53.7. The highest BCUT2D eigenvalue weighted by molar-refractivity contribution is 7.87. The van der Waals surface area contributed by atoms with Gasteiger partial charge in [-0.05, 0) is 47.5 Å². The Balaban J connectivity index is 1.11. The van der Waals surface area contributed by atoms with E-state index in [1.54, 1.807) is 30.5 Å². The molecule has 2 N–H and O–H groups in total. The Morgan fingerprint density at radius 1 is 0.667 bits per heavy atom. The zero-order valence-electron chi connectivity index (χ0n) is 41.4. The van der Waals surface area contributed by atoms with Crippen molar-refractivity contribution >= 4 is 72.5 Å². The van der Waals surface area contributed by atoms with Gasteiger partial charge in [-0.3, -0.25) is 33.9 Å². The first-order valence-corrected chi connectivity index (χ1v) is 32.0. The Hall–Kier alpha value is -6.09. The fourth-order valence-electron chi connectivity index (χ4n) is 8.26. The van der Waals surface area contributed by atoms with E-state index in [1.165, 1.54) is 36.2 Å². The molecule has 0 spiro atoms. The van der Waals surface area contributed by atoms with Crippen LogP contribution in [-0.2, 0) is 33.4 Å². The van der Waals surface area contributed by atoms with Crippen molar-refractivity contribution in [2.24, 2.45) is 0 Å². The van der Waals surface area contributed by atoms with E-state index in [9.17, 15) is 40.8 Å². The summed E-state index contributed by atoms with van der Waals surface area (Å²) in [6.45, 7) is 13.3. The van der Waals surface area contributed by atoms with Gasteiger partial charge >= 0.3 is 15.6 Å². The van der Waals surface area contributed by atoms with Crippen molar-refractivity contribution in [3.05, 3.63) is 83.4 Å². The van der Waals surface area contributed by atoms with Gasteiger partial charge in [-0.2, -0.15) is 21.6 Å². The summed E-state index contributed by atoms with van der Waals surface area (Å²) in [5.41, 5.74) is 2.91. The van der Waals surface area contributed by atoms with Crippen LogP contribution in [0, 0.1) is 0 Å². The number of anilines is 3. The highest BCUT2D eigenvalue weighted by atomic mass is 32.2. The van der Waals surface area contributed by atoms with Gasteiger partial charge in [0.05, 0.1) is 49.9 Å². The third kappa shape index (κ3) is 11.9. The number of ether oxygens (including phenoxy) is 6. The molecule has 0 aliphatic carbocycles. The number of carbonyl (C=O) groups is 4. The molecule has 0 saturated carbocycles. The molecule has 0 fully saturated rings. The Bertz CT molecular complexity index is 2780. The summed E-state index contributed by atoms with van der Waals surface area (Å²) >= 11 is 0. The summed E-state index contributed by atoms with van der Waals surface area (Å²) in [7, 11) is -6.42. The Kier molecular flexibility index (Phi) is 15.8. The van der Waals surface area contributed by atoms with Crippen LogP contribution in [0.4, 0.5) is 30.2 Å². The van der Waals surface area contributed by atoms with Gasteiger partial charge in [0.1, 0.15) is 31.3 Å². The minimum atomic E-state index is -6.09. The number of fused-ring (bicyclic) bond motifs is 4. The molecular weight excluding hydrogens is 1000 g/mol. The summed E-state index contributed by atoms with van der Waals surface area (Å²) in [5, 5.41) is 0. The third-order valence-corrected chi connectivity index (χ3v) is 16.6. The molecule has 0 radical (unpaired) electrons. The second-order valence-electron chi connectivity index (χ2n) is 20.0. The van der Waals surface area contributed by atoms with Gasteiger partial charge in [-0.1, -0.05) is 51.4 Å². The van der Waals surface area contributed by atoms with Crippen LogP contribution in [0.5, 0.6) is 23.0 Å². The molecule has 0 saturated heterocycles. The average Bonchev–Trinajstić information content (AvgIpc) is 3.91. The molecule has 7 rings (SSSR count). The maximum absolute atomic E-state index is 14.5. The van der Waals surface area contributed by atoms with Crippen LogP contribution in [0.15, 0.2) is 66.7 Å². The van der Waals surface area contributed by atoms with E-state index in [1.807, 2.05) is 12.1 Å². The zero-order chi connectivity index (χ0) is 52.5. The number of benzene rings is 3. The Morgan fingerprint density at radius 2 is 1.15 bits per heavy atom. The monoisotopic (exact) mass is 1060 g/mol. The summed E-state index contributed by atoms with van der Waals surface area (Å²) in [4.78, 5) is 62.2. The average molecular weight is 1060 g/mol. The number of nitrogen functional groups attached to an aromatic ring is 1. The van der Waals surface area contributed by atoms with Crippen molar-refractivity contribution in [3.8, 4) is 23.0 Å². The van der Waals surface area contributed by atoms with Crippen LogP contribution in [0.1, 0.15) is 45.5 Å². The molecule has 18 nitrogen and oxygen atoms in total. The quantitative estimate of drug-likeness (QED) is 0.0358. The second kappa shape index (κ2) is 21.2. The standard InChI is InChI=1S/C48H60F3N5O13SSi2/c1-63-40-22-34-36(55(28-65-15-17-71(3,4)5)46(59)38-20-31(26-53(38)44(34)57)30-11-9-12-32(52)19-30)24-42(40)67-13-10-14-68-43-25-37-35(23-41(43)64-2)45(58)54-27-33(69-70(61,62)48(49,50)51)21-39(54)47(60)56(37)29-66-16-18-72(6,7)8/h9,11-12,19,22-27,38-39H,10,13-18,20-21,28-29,52H2,1-8H3/t38-,39-/m0/s1. The second-order valence-corrected chi connectivity index (χ2v) is 32.8. The van der Waals surface area contributed by atoms with E-state index in [2.05, 4.69) is 43.5 Å². The summed E-state index contributed by atoms with van der Waals surface area (Å²) in [6.07, 6.45) is 2.32. The van der Waals surface area contributed by atoms with E-state index >= 15 is 0 Å². The molecule has 2 atom stereocenters. The first-order valence-electron chi connectivity index (χ1n) is 23.2. The fraction of sp³-hybridized carbons (Fsp3) is 0.458. The predicted molar refractivity (Wildman–Crippen MR) is 267 cm³/mol. The number of nitrogens with two attached hydrogens (primary N) is 1. The smallest absolute Gasteiger partial charge is 0.493 e. The molecule has 3 aromatic rings. The van der Waals surface area contributed by atoms with Crippen molar-refractivity contribution in [2.75, 3.05) is 69.6 Å². The van der Waals surface area contributed by atoms with E-state index in [0.29, 0.717) is 12.3 Å². The molecule has 3 aromatic carbocycles. The lowest BCUT2D eigenvalue weighted by Crippen LogP contribution is -2.45. The predicted octanol–water partition coefficient (Wildman–Crippen LogP) is 7.63. The molecule has 0 aromatic heterocycles. The van der Waals surface area contributed by atoms with Gasteiger partial charge in [-0.15, -0.1) is 0 Å². The van der Waals surface area contributed by atoms with Crippen LogP contribution >= 0.6 is 0 Å². The number of amides is 4. The van der Waals surface area contributed by atoms with E-state index < -0.39 is 73.8 Å². The lowest BCUT2D eigenvalue weighted by molar-refractivity contribution is -0.123. The van der Waals surface area contributed by atoms with E-state index in [-0.39, 0.29) is 97.5 Å². The minimum absolute atomic E-state index is 0.00920. The summed E-state index contributed by atoms with van der Waals surface area (Å²) in [5.74, 6) is -2.44. The van der Waals surface area contributed by atoms with Crippen LogP contribution in [0.2, 0.25) is 51.4 Å². The molecule has 4 amide bonds. The number of alkyl halides is 3. The Morgan fingerprint density at radius 3 is 1.61 bits per heavy atom. The van der Waals surface area contributed by atoms with Crippen LogP contribution in [0.3, 0.4) is 0 Å². The van der Waals surface area contributed by atoms with Gasteiger partial charge < -0.3 is 43.2 Å². The van der Waals surface area contributed by atoms with Crippen molar-refractivity contribution < 1.29 is 73.4 Å². The number of hydrogen-bond acceptors (Lipinski definition) is 14. The lowest BCUT2D eigenvalue weighted by atomic mass is 10.0. The van der Waals surface area contributed by atoms with Gasteiger partial charge in [0.2, 0.25) is 0 Å². The number of carbonyl (C=O) groups excluding carboxylic acids is 4. The molecule has 0 unspecified atom stereocenters. The molecule has 4 heterocycles. The fourth-order valence-corrected chi connectivity index (χ4v) is 10.3. The van der Waals surface area contributed by atoms with Gasteiger partial charge in [0.15, 0.2) is 23.0 Å². The molecule has 4 aliphatic heterocycles. The number of methoxy groups -OCH3 is 2. The van der Waals surface area contributed by atoms with Crippen LogP contribution < -0.4 is 34.5 Å². The van der Waals surface area contributed by atoms with Gasteiger partial charge in [-0.25, -0.2) is 0 Å². The Labute approximate surface area is 418 Å². The van der Waals surface area contributed by atoms with Gasteiger partial charge in [0.25, 0.3) is 23.6 Å². The van der Waals surface area contributed by atoms with Crippen LogP contribution in [0.25, 0.3) is 5.57 Å². The SMILES string of the molecule is COc1cc2c(cc1OCCCOc1cc3c(cc1OC)C(=O)N1C=C(c4cccc(N)c4)C[C@H]1C(=O)N3COCC[Si](C)(C)C)N(COCC[Si](C)(C)C)C(=O)[C@@H]1CC(OS(=O)(=O)C(F)(F)F)=CN1C2=O. The maximum Gasteiger partial charge on any atom is 0.534 e.